The molecular formula is C47H66N2O2. The third-order valence-corrected chi connectivity index (χ3v) is 9.79. The first-order valence-corrected chi connectivity index (χ1v) is 20.5. The van der Waals surface area contributed by atoms with Crippen LogP contribution in [-0.2, 0) is 0 Å². The average molecular weight is 691 g/mol. The van der Waals surface area contributed by atoms with E-state index in [1.165, 1.54) is 101 Å². The highest BCUT2D eigenvalue weighted by molar-refractivity contribution is 5.80. The van der Waals surface area contributed by atoms with Crippen molar-refractivity contribution in [3.63, 3.8) is 0 Å². The molecule has 0 unspecified atom stereocenters. The summed E-state index contributed by atoms with van der Waals surface area (Å²) in [7, 11) is 0. The second-order valence-electron chi connectivity index (χ2n) is 14.1. The summed E-state index contributed by atoms with van der Waals surface area (Å²) >= 11 is 0. The maximum absolute atomic E-state index is 6.45. The summed E-state index contributed by atoms with van der Waals surface area (Å²) in [5.41, 5.74) is 7.53. The monoisotopic (exact) mass is 691 g/mol. The molecule has 0 fully saturated rings. The smallest absolute Gasteiger partial charge is 0.128 e. The fourth-order valence-corrected chi connectivity index (χ4v) is 6.64. The Labute approximate surface area is 311 Å². The van der Waals surface area contributed by atoms with Gasteiger partial charge in [-0.05, 0) is 85.3 Å². The first-order chi connectivity index (χ1) is 25.2. The van der Waals surface area contributed by atoms with Crippen molar-refractivity contribution >= 4 is 5.69 Å². The van der Waals surface area contributed by atoms with E-state index in [1.807, 2.05) is 0 Å². The molecule has 0 aliphatic carbocycles. The van der Waals surface area contributed by atoms with Crippen molar-refractivity contribution in [1.29, 1.82) is 0 Å². The van der Waals surface area contributed by atoms with E-state index in [2.05, 4.69) is 118 Å². The Kier molecular flexibility index (Phi) is 18.5. The van der Waals surface area contributed by atoms with Gasteiger partial charge in [-0.3, -0.25) is 0 Å². The first-order valence-electron chi connectivity index (χ1n) is 20.5. The zero-order chi connectivity index (χ0) is 35.9. The van der Waals surface area contributed by atoms with E-state index in [0.717, 1.165) is 78.7 Å². The van der Waals surface area contributed by atoms with Crippen LogP contribution in [0.25, 0.3) is 33.6 Å². The summed E-state index contributed by atoms with van der Waals surface area (Å²) in [6.07, 6.45) is 19.8. The van der Waals surface area contributed by atoms with Gasteiger partial charge in [0.25, 0.3) is 0 Å². The van der Waals surface area contributed by atoms with Gasteiger partial charge in [0, 0.05) is 29.9 Å². The molecule has 0 amide bonds. The lowest BCUT2D eigenvalue weighted by molar-refractivity contribution is 0.305. The van der Waals surface area contributed by atoms with Crippen molar-refractivity contribution < 1.29 is 9.47 Å². The Bertz CT molecular complexity index is 1430. The summed E-state index contributed by atoms with van der Waals surface area (Å²) < 4.78 is 12.9. The topological polar surface area (TPSA) is 34.6 Å². The second kappa shape index (κ2) is 23.6. The van der Waals surface area contributed by atoms with Crippen molar-refractivity contribution in [2.45, 2.75) is 130 Å². The number of benzene rings is 3. The van der Waals surface area contributed by atoms with Gasteiger partial charge in [0.15, 0.2) is 0 Å². The molecule has 1 heterocycles. The van der Waals surface area contributed by atoms with Crippen LogP contribution in [0.1, 0.15) is 130 Å². The molecule has 4 aromatic rings. The van der Waals surface area contributed by atoms with Crippen molar-refractivity contribution in [3.05, 3.63) is 84.9 Å². The largest absolute Gasteiger partial charge is 0.493 e. The Balaban J connectivity index is 1.65. The van der Waals surface area contributed by atoms with Gasteiger partial charge < -0.3 is 14.4 Å². The third kappa shape index (κ3) is 13.4. The molecule has 0 radical (unpaired) electrons. The maximum Gasteiger partial charge on any atom is 0.128 e. The highest BCUT2D eigenvalue weighted by Gasteiger charge is 2.16. The predicted molar refractivity (Wildman–Crippen MR) is 220 cm³/mol. The molecule has 1 aromatic heterocycles. The van der Waals surface area contributed by atoms with Crippen LogP contribution in [0, 0.1) is 0 Å². The molecule has 0 bridgehead atoms. The van der Waals surface area contributed by atoms with Crippen molar-refractivity contribution in [2.24, 2.45) is 0 Å². The number of ether oxygens (including phenoxy) is 2. The van der Waals surface area contributed by atoms with Crippen molar-refractivity contribution in [2.75, 3.05) is 31.2 Å². The van der Waals surface area contributed by atoms with Crippen LogP contribution in [0.5, 0.6) is 11.5 Å². The first kappa shape index (κ1) is 40.0. The van der Waals surface area contributed by atoms with Gasteiger partial charge in [0.1, 0.15) is 11.5 Å². The van der Waals surface area contributed by atoms with Crippen LogP contribution in [0.2, 0.25) is 0 Å². The van der Waals surface area contributed by atoms with Gasteiger partial charge in [-0.15, -0.1) is 0 Å². The highest BCUT2D eigenvalue weighted by Crippen LogP contribution is 2.37. The van der Waals surface area contributed by atoms with Crippen LogP contribution in [0.15, 0.2) is 84.9 Å². The minimum atomic E-state index is 0.721. The lowest BCUT2D eigenvalue weighted by atomic mass is 9.99. The fraction of sp³-hybridized carbons (Fsp3) is 0.511. The van der Waals surface area contributed by atoms with Gasteiger partial charge in [-0.1, -0.05) is 141 Å². The van der Waals surface area contributed by atoms with Gasteiger partial charge >= 0.3 is 0 Å². The van der Waals surface area contributed by atoms with Crippen LogP contribution in [0.3, 0.4) is 0 Å². The molecule has 4 heteroatoms. The molecule has 4 nitrogen and oxygen atoms in total. The zero-order valence-electron chi connectivity index (χ0n) is 32.4. The van der Waals surface area contributed by atoms with E-state index < -0.39 is 0 Å². The number of hydrogen-bond acceptors (Lipinski definition) is 4. The average Bonchev–Trinajstić information content (AvgIpc) is 3.17. The van der Waals surface area contributed by atoms with Crippen LogP contribution < -0.4 is 14.4 Å². The molecular weight excluding hydrogens is 625 g/mol. The molecule has 3 aromatic carbocycles. The number of hydrogen-bond donors (Lipinski definition) is 0. The van der Waals surface area contributed by atoms with Crippen molar-refractivity contribution in [3.8, 4) is 45.1 Å². The molecule has 51 heavy (non-hydrogen) atoms. The quantitative estimate of drug-likeness (QED) is 0.0614. The molecule has 0 saturated carbocycles. The second-order valence-corrected chi connectivity index (χ2v) is 14.1. The lowest BCUT2D eigenvalue weighted by Gasteiger charge is -2.25. The van der Waals surface area contributed by atoms with Gasteiger partial charge in [0.05, 0.1) is 24.6 Å². The van der Waals surface area contributed by atoms with Crippen LogP contribution in [-0.4, -0.2) is 31.3 Å². The summed E-state index contributed by atoms with van der Waals surface area (Å²) in [6.45, 7) is 12.7. The normalized spacial score (nSPS) is 11.1. The minimum Gasteiger partial charge on any atom is -0.493 e. The van der Waals surface area contributed by atoms with E-state index in [0.29, 0.717) is 0 Å². The summed E-state index contributed by atoms with van der Waals surface area (Å²) in [5.74, 6) is 1.79. The number of rotatable bonds is 26. The number of pyridine rings is 1. The Hall–Kier alpha value is -3.79. The molecule has 0 atom stereocenters. The predicted octanol–water partition coefficient (Wildman–Crippen LogP) is 14.0. The van der Waals surface area contributed by atoms with Crippen LogP contribution >= 0.6 is 0 Å². The number of para-hydroxylation sites is 2. The zero-order valence-corrected chi connectivity index (χ0v) is 32.4. The highest BCUT2D eigenvalue weighted by atomic mass is 16.5. The van der Waals surface area contributed by atoms with E-state index in [1.54, 1.807) is 0 Å². The maximum atomic E-state index is 6.45. The molecule has 0 spiro atoms. The SMILES string of the molecule is CCCCCCCCOc1ccccc1-c1cc(-c2ccc(N(CCCC)CCCC)cc2)cc(-c2ccccc2OCCCCCCCC)n1. The Morgan fingerprint density at radius 3 is 1.35 bits per heavy atom. The van der Waals surface area contributed by atoms with Crippen LogP contribution in [0.4, 0.5) is 5.69 Å². The molecule has 0 aliphatic rings. The molecule has 4 rings (SSSR count). The van der Waals surface area contributed by atoms with Gasteiger partial charge in [-0.25, -0.2) is 4.98 Å². The van der Waals surface area contributed by atoms with E-state index in [-0.39, 0.29) is 0 Å². The number of aromatic nitrogens is 1. The number of nitrogens with zero attached hydrogens (tertiary/aromatic N) is 2. The summed E-state index contributed by atoms with van der Waals surface area (Å²) in [6, 6.07) is 30.4. The summed E-state index contributed by atoms with van der Waals surface area (Å²) in [5, 5.41) is 0. The minimum absolute atomic E-state index is 0.721. The van der Waals surface area contributed by atoms with Gasteiger partial charge in [0.2, 0.25) is 0 Å². The van der Waals surface area contributed by atoms with Crippen molar-refractivity contribution in [1.82, 2.24) is 4.98 Å². The molecule has 276 valence electrons. The fourth-order valence-electron chi connectivity index (χ4n) is 6.64. The third-order valence-electron chi connectivity index (χ3n) is 9.79. The van der Waals surface area contributed by atoms with Gasteiger partial charge in [-0.2, -0.15) is 0 Å². The lowest BCUT2D eigenvalue weighted by Crippen LogP contribution is -2.25. The molecule has 0 aliphatic heterocycles. The summed E-state index contributed by atoms with van der Waals surface area (Å²) in [4.78, 5) is 7.87. The Morgan fingerprint density at radius 1 is 0.451 bits per heavy atom. The van der Waals surface area contributed by atoms with E-state index in [9.17, 15) is 0 Å². The van der Waals surface area contributed by atoms with E-state index in [4.69, 9.17) is 14.5 Å². The Morgan fingerprint density at radius 2 is 0.882 bits per heavy atom. The standard InChI is InChI=1S/C47H66N2O2/c1-5-9-13-15-17-23-35-50-46-27-21-19-25-42(46)44-37-40(39-29-31-41(32-30-39)49(33-11-7-3)34-12-8-4)38-45(48-44)43-26-20-22-28-47(43)51-36-24-18-16-14-10-6-2/h19-22,25-32,37-38H,5-18,23-24,33-36H2,1-4H3. The molecule has 0 N–H and O–H groups in total. The number of anilines is 1. The van der Waals surface area contributed by atoms with E-state index >= 15 is 0 Å². The number of unbranched alkanes of at least 4 members (excludes halogenated alkanes) is 12. The molecule has 0 saturated heterocycles.